The van der Waals surface area contributed by atoms with Gasteiger partial charge < -0.3 is 19.3 Å². The molecule has 0 aromatic carbocycles. The number of aliphatic hydroxyl groups is 1. The number of nitrogens with one attached hydrogen (secondary N) is 1. The highest BCUT2D eigenvalue weighted by molar-refractivity contribution is 4.87. The molecule has 84 valence electrons. The van der Waals surface area contributed by atoms with Gasteiger partial charge in [-0.25, -0.2) is 5.48 Å². The van der Waals surface area contributed by atoms with E-state index in [1.807, 2.05) is 0 Å². The Labute approximate surface area is 83.0 Å². The molecule has 0 radical (unpaired) electrons. The van der Waals surface area contributed by atoms with Crippen LogP contribution in [0.5, 0.6) is 0 Å². The smallest absolute Gasteiger partial charge is 0.206 e. The third-order valence-corrected chi connectivity index (χ3v) is 2.13. The van der Waals surface area contributed by atoms with Crippen LogP contribution in [0, 0.1) is 0 Å². The zero-order valence-corrected chi connectivity index (χ0v) is 8.60. The second-order valence-electron chi connectivity index (χ2n) is 3.01. The molecule has 4 atom stereocenters. The molecule has 1 aliphatic rings. The number of rotatable bonds is 5. The zero-order chi connectivity index (χ0) is 10.6. The van der Waals surface area contributed by atoms with Crippen molar-refractivity contribution in [1.82, 2.24) is 5.48 Å². The van der Waals surface area contributed by atoms with Gasteiger partial charge in [-0.05, 0) is 0 Å². The third-order valence-electron chi connectivity index (χ3n) is 2.13. The van der Waals surface area contributed by atoms with Crippen LogP contribution in [0.4, 0.5) is 0 Å². The summed E-state index contributed by atoms with van der Waals surface area (Å²) in [5.41, 5.74) is 2.47. The van der Waals surface area contributed by atoms with Gasteiger partial charge in [0.1, 0.15) is 18.3 Å². The van der Waals surface area contributed by atoms with E-state index in [0.717, 1.165) is 0 Å². The van der Waals surface area contributed by atoms with Crippen LogP contribution >= 0.6 is 0 Å². The molecule has 0 amide bonds. The Kier molecular flexibility index (Phi) is 4.73. The van der Waals surface area contributed by atoms with E-state index in [1.54, 1.807) is 14.2 Å². The maximum Gasteiger partial charge on any atom is 0.206 e. The van der Waals surface area contributed by atoms with Gasteiger partial charge in [-0.3, -0.25) is 4.84 Å². The van der Waals surface area contributed by atoms with Crippen LogP contribution in [0.15, 0.2) is 0 Å². The second kappa shape index (κ2) is 5.59. The van der Waals surface area contributed by atoms with E-state index in [-0.39, 0.29) is 6.10 Å². The zero-order valence-electron chi connectivity index (χ0n) is 8.60. The summed E-state index contributed by atoms with van der Waals surface area (Å²) in [7, 11) is 4.68. The molecule has 1 saturated heterocycles. The van der Waals surface area contributed by atoms with E-state index >= 15 is 0 Å². The molecule has 1 rings (SSSR count). The minimum Gasteiger partial charge on any atom is -0.385 e. The average Bonchev–Trinajstić information content (AvgIpc) is 2.45. The Bertz CT molecular complexity index is 168. The summed E-state index contributed by atoms with van der Waals surface area (Å²) in [6.07, 6.45) is -2.26. The monoisotopic (exact) mass is 207 g/mol. The molecule has 0 bridgehead atoms. The second-order valence-corrected chi connectivity index (χ2v) is 3.01. The van der Waals surface area contributed by atoms with Crippen molar-refractivity contribution in [3.8, 4) is 0 Å². The lowest BCUT2D eigenvalue weighted by atomic mass is 10.1. The van der Waals surface area contributed by atoms with Gasteiger partial charge in [0.15, 0.2) is 0 Å². The molecule has 0 aromatic heterocycles. The van der Waals surface area contributed by atoms with E-state index in [4.69, 9.17) is 19.0 Å². The molecule has 0 aliphatic carbocycles. The third kappa shape index (κ3) is 2.41. The molecule has 2 N–H and O–H groups in total. The molecule has 4 unspecified atom stereocenters. The average molecular weight is 207 g/mol. The predicted molar refractivity (Wildman–Crippen MR) is 47.5 cm³/mol. The lowest BCUT2D eigenvalue weighted by Gasteiger charge is -2.17. The normalized spacial score (nSPS) is 37.7. The number of hydrogen-bond acceptors (Lipinski definition) is 6. The Morgan fingerprint density at radius 2 is 2.14 bits per heavy atom. The van der Waals surface area contributed by atoms with Crippen molar-refractivity contribution in [3.05, 3.63) is 0 Å². The summed E-state index contributed by atoms with van der Waals surface area (Å²) in [6.45, 7) is 0.360. The summed E-state index contributed by atoms with van der Waals surface area (Å²) < 4.78 is 15.4. The van der Waals surface area contributed by atoms with Gasteiger partial charge in [-0.1, -0.05) is 0 Å². The molecule has 1 fully saturated rings. The molecule has 0 spiro atoms. The maximum atomic E-state index is 9.71. The van der Waals surface area contributed by atoms with Crippen molar-refractivity contribution in [2.24, 2.45) is 0 Å². The predicted octanol–water partition coefficient (Wildman–Crippen LogP) is -1.12. The van der Waals surface area contributed by atoms with Crippen molar-refractivity contribution >= 4 is 0 Å². The number of hydrogen-bond donors (Lipinski definition) is 2. The highest BCUT2D eigenvalue weighted by Gasteiger charge is 2.44. The van der Waals surface area contributed by atoms with Crippen LogP contribution in [0.2, 0.25) is 0 Å². The van der Waals surface area contributed by atoms with Gasteiger partial charge in [-0.2, -0.15) is 0 Å². The van der Waals surface area contributed by atoms with Crippen molar-refractivity contribution < 1.29 is 24.2 Å². The summed E-state index contributed by atoms with van der Waals surface area (Å²) in [5.74, 6) is 0. The largest absolute Gasteiger partial charge is 0.385 e. The van der Waals surface area contributed by atoms with E-state index in [9.17, 15) is 5.11 Å². The van der Waals surface area contributed by atoms with Crippen LogP contribution in [-0.4, -0.2) is 57.6 Å². The first-order valence-corrected chi connectivity index (χ1v) is 4.42. The number of aliphatic hydroxyl groups excluding tert-OH is 1. The van der Waals surface area contributed by atoms with Gasteiger partial charge in [0.05, 0.1) is 6.61 Å². The number of methoxy groups -OCH3 is 2. The fourth-order valence-corrected chi connectivity index (χ4v) is 1.51. The van der Waals surface area contributed by atoms with E-state index in [2.05, 4.69) is 5.48 Å². The number of hydroxylamine groups is 1. The molecule has 1 heterocycles. The lowest BCUT2D eigenvalue weighted by Crippen LogP contribution is -2.37. The van der Waals surface area contributed by atoms with Gasteiger partial charge in [0, 0.05) is 21.3 Å². The van der Waals surface area contributed by atoms with Crippen molar-refractivity contribution in [3.63, 3.8) is 0 Å². The molecule has 6 heteroatoms. The summed E-state index contributed by atoms with van der Waals surface area (Å²) >= 11 is 0. The van der Waals surface area contributed by atoms with Crippen molar-refractivity contribution in [2.75, 3.05) is 27.9 Å². The first-order chi connectivity index (χ1) is 6.74. The Morgan fingerprint density at radius 3 is 2.64 bits per heavy atom. The highest BCUT2D eigenvalue weighted by atomic mass is 16.8. The Hall–Kier alpha value is -0.240. The summed E-state index contributed by atoms with van der Waals surface area (Å²) in [4.78, 5) is 4.97. The standard InChI is InChI=1S/C8H17NO5/c1-9-14-8-6(10)7(12-3)5(13-8)4-11-2/h5-10H,4H2,1-3H3. The van der Waals surface area contributed by atoms with Crippen LogP contribution in [-0.2, 0) is 19.0 Å². The SMILES string of the molecule is CNOC1OC(COC)C(OC)C1O. The topological polar surface area (TPSA) is 69.2 Å². The molecular weight excluding hydrogens is 190 g/mol. The first kappa shape index (κ1) is 11.8. The molecule has 0 aromatic rings. The van der Waals surface area contributed by atoms with Gasteiger partial charge in [-0.15, -0.1) is 0 Å². The Morgan fingerprint density at radius 1 is 1.43 bits per heavy atom. The molecule has 0 saturated carbocycles. The van der Waals surface area contributed by atoms with Gasteiger partial charge in [0.2, 0.25) is 6.29 Å². The Balaban J connectivity index is 2.53. The quantitative estimate of drug-likeness (QED) is 0.557. The number of ether oxygens (including phenoxy) is 3. The van der Waals surface area contributed by atoms with E-state index in [1.165, 1.54) is 7.11 Å². The fourth-order valence-electron chi connectivity index (χ4n) is 1.51. The van der Waals surface area contributed by atoms with Crippen LogP contribution in [0.3, 0.4) is 0 Å². The maximum absolute atomic E-state index is 9.71. The molecule has 14 heavy (non-hydrogen) atoms. The van der Waals surface area contributed by atoms with Gasteiger partial charge in [0.25, 0.3) is 0 Å². The minimum atomic E-state index is -0.812. The van der Waals surface area contributed by atoms with E-state index in [0.29, 0.717) is 6.61 Å². The molecular formula is C8H17NO5. The molecule has 6 nitrogen and oxygen atoms in total. The summed E-state index contributed by atoms with van der Waals surface area (Å²) in [6, 6.07) is 0. The van der Waals surface area contributed by atoms with E-state index < -0.39 is 18.5 Å². The first-order valence-electron chi connectivity index (χ1n) is 4.42. The van der Waals surface area contributed by atoms with Crippen LogP contribution < -0.4 is 5.48 Å². The van der Waals surface area contributed by atoms with Crippen molar-refractivity contribution in [2.45, 2.75) is 24.6 Å². The van der Waals surface area contributed by atoms with Crippen molar-refractivity contribution in [1.29, 1.82) is 0 Å². The van der Waals surface area contributed by atoms with Crippen LogP contribution in [0.25, 0.3) is 0 Å². The molecule has 1 aliphatic heterocycles. The minimum absolute atomic E-state index is 0.307. The summed E-state index contributed by atoms with van der Waals surface area (Å²) in [5, 5.41) is 9.71. The lowest BCUT2D eigenvalue weighted by molar-refractivity contribution is -0.198. The van der Waals surface area contributed by atoms with Gasteiger partial charge >= 0.3 is 0 Å². The van der Waals surface area contributed by atoms with Crippen LogP contribution in [0.1, 0.15) is 0 Å². The highest BCUT2D eigenvalue weighted by Crippen LogP contribution is 2.23. The fraction of sp³-hybridized carbons (Fsp3) is 1.00.